The summed E-state index contributed by atoms with van der Waals surface area (Å²) >= 11 is 0. The van der Waals surface area contributed by atoms with E-state index in [9.17, 15) is 20.4 Å². The number of aliphatic hydroxyl groups is 4. The molecule has 4 aliphatic rings. The molecule has 20 nitrogen and oxygen atoms in total. The highest BCUT2D eigenvalue weighted by atomic mass is 16.7. The average molecular weight is 781 g/mol. The van der Waals surface area contributed by atoms with Crippen molar-refractivity contribution in [3.8, 4) is 0 Å². The van der Waals surface area contributed by atoms with Crippen molar-refractivity contribution in [1.29, 1.82) is 0 Å². The fraction of sp³-hybridized carbons (Fsp3) is 1.00. The third-order valence-electron chi connectivity index (χ3n) is 10.9. The summed E-state index contributed by atoms with van der Waals surface area (Å²) in [6.45, 7) is 4.25. The van der Waals surface area contributed by atoms with E-state index in [4.69, 9.17) is 74.3 Å². The minimum Gasteiger partial charge on any atom is -0.390 e. The Morgan fingerprint density at radius 1 is 0.481 bits per heavy atom. The zero-order chi connectivity index (χ0) is 39.4. The molecule has 0 aromatic carbocycles. The lowest BCUT2D eigenvalue weighted by molar-refractivity contribution is -0.270. The van der Waals surface area contributed by atoms with Crippen LogP contribution in [-0.4, -0.2) is 183 Å². The van der Waals surface area contributed by atoms with Crippen LogP contribution in [0.25, 0.3) is 0 Å². The SMILES string of the molecule is NC[C@H]1O[C@H](O[C@H]2[C@H](O)[C@@H](OCCCNCCCCNCCCO[C@@H]3[C@@H](O)[C@H](O[C@H]4O[C@H](CN)[C@@H](O)C[C@H]4N)[C@@H](N)C[C@H]3N)[C@H](N)C[C@@H]2N)[C@H](N)C[C@@H]1O. The van der Waals surface area contributed by atoms with Gasteiger partial charge in [-0.2, -0.15) is 0 Å². The van der Waals surface area contributed by atoms with Gasteiger partial charge in [-0.3, -0.25) is 0 Å². The number of aliphatic hydroxyl groups excluding tert-OH is 4. The molecule has 2 heterocycles. The summed E-state index contributed by atoms with van der Waals surface area (Å²) in [5.74, 6) is 0. The van der Waals surface area contributed by atoms with Crippen molar-refractivity contribution in [2.24, 2.45) is 45.9 Å². The molecule has 2 saturated heterocycles. The van der Waals surface area contributed by atoms with E-state index in [0.717, 1.165) is 51.9 Å². The van der Waals surface area contributed by atoms with E-state index in [1.807, 2.05) is 0 Å². The minimum atomic E-state index is -1.07. The first-order chi connectivity index (χ1) is 25.9. The van der Waals surface area contributed by atoms with E-state index in [1.165, 1.54) is 0 Å². The molecular weight excluding hydrogens is 708 g/mol. The van der Waals surface area contributed by atoms with Crippen LogP contribution in [0, 0.1) is 0 Å². The molecule has 4 rings (SSSR count). The van der Waals surface area contributed by atoms with Gasteiger partial charge in [-0.1, -0.05) is 0 Å². The number of rotatable bonds is 21. The number of nitrogens with one attached hydrogen (secondary N) is 2. The topological polar surface area (TPSA) is 369 Å². The highest BCUT2D eigenvalue weighted by Crippen LogP contribution is 2.29. The summed E-state index contributed by atoms with van der Waals surface area (Å²) < 4.78 is 35.6. The van der Waals surface area contributed by atoms with Crippen molar-refractivity contribution >= 4 is 0 Å². The third kappa shape index (κ3) is 12.9. The van der Waals surface area contributed by atoms with Crippen molar-refractivity contribution < 1.29 is 48.8 Å². The summed E-state index contributed by atoms with van der Waals surface area (Å²) in [7, 11) is 0. The van der Waals surface area contributed by atoms with Crippen LogP contribution in [-0.2, 0) is 28.4 Å². The molecule has 0 aromatic rings. The highest BCUT2D eigenvalue weighted by Gasteiger charge is 2.48. The van der Waals surface area contributed by atoms with Gasteiger partial charge in [0.2, 0.25) is 0 Å². The summed E-state index contributed by atoms with van der Waals surface area (Å²) in [4.78, 5) is 0. The largest absolute Gasteiger partial charge is 0.390 e. The molecule has 18 atom stereocenters. The Bertz CT molecular complexity index is 974. The Kier molecular flexibility index (Phi) is 19.5. The number of hydrogen-bond donors (Lipinski definition) is 14. The predicted molar refractivity (Wildman–Crippen MR) is 199 cm³/mol. The van der Waals surface area contributed by atoms with Gasteiger partial charge in [0.1, 0.15) is 36.6 Å². The van der Waals surface area contributed by atoms with Gasteiger partial charge in [0.05, 0.1) is 36.5 Å². The molecule has 4 fully saturated rings. The summed E-state index contributed by atoms with van der Waals surface area (Å²) in [5, 5.41) is 49.2. The molecule has 0 unspecified atom stereocenters. The van der Waals surface area contributed by atoms with Crippen LogP contribution in [0.1, 0.15) is 51.4 Å². The van der Waals surface area contributed by atoms with Crippen LogP contribution in [0.4, 0.5) is 0 Å². The Morgan fingerprint density at radius 2 is 0.833 bits per heavy atom. The summed E-state index contributed by atoms with van der Waals surface area (Å²) in [6.07, 6.45) is -4.75. The van der Waals surface area contributed by atoms with Gasteiger partial charge in [-0.05, 0) is 77.5 Å². The molecule has 0 amide bonds. The lowest BCUT2D eigenvalue weighted by atomic mass is 9.84. The van der Waals surface area contributed by atoms with Crippen molar-refractivity contribution in [3.63, 3.8) is 0 Å². The second kappa shape index (κ2) is 23.0. The third-order valence-corrected chi connectivity index (χ3v) is 10.9. The van der Waals surface area contributed by atoms with E-state index in [-0.39, 0.29) is 25.9 Å². The fourth-order valence-corrected chi connectivity index (χ4v) is 7.75. The first-order valence-corrected chi connectivity index (χ1v) is 19.8. The maximum absolute atomic E-state index is 11.1. The summed E-state index contributed by atoms with van der Waals surface area (Å²) in [5.41, 5.74) is 48.9. The maximum Gasteiger partial charge on any atom is 0.173 e. The molecule has 2 aliphatic heterocycles. The predicted octanol–water partition coefficient (Wildman–Crippen LogP) is -6.37. The first kappa shape index (κ1) is 45.9. The Hall–Kier alpha value is -0.800. The zero-order valence-corrected chi connectivity index (χ0v) is 31.6. The molecule has 54 heavy (non-hydrogen) atoms. The molecule has 0 spiro atoms. The lowest BCUT2D eigenvalue weighted by Crippen LogP contribution is -2.65. The standard InChI is InChI=1S/C34H72N10O10/c35-15-25-23(45)13-21(41)33(51-25)53-31-19(39)11-17(37)29(27(31)47)49-9-3-7-43-5-1-2-6-44-8-4-10-50-30-18(38)12-20(40)32(28(30)48)54-34-22(42)14-24(46)26(16-36)52-34/h17-34,43-48H,1-16,35-42H2/t17-,18-,19+,20+,21-,22-,23+,24+,25-,26-,27-,28-,29+,30+,31-,32-,33-,34-/m1/s1. The lowest BCUT2D eigenvalue weighted by Gasteiger charge is -2.45. The molecule has 2 aliphatic carbocycles. The second-order valence-corrected chi connectivity index (χ2v) is 15.4. The van der Waals surface area contributed by atoms with E-state index in [2.05, 4.69) is 10.6 Å². The van der Waals surface area contributed by atoms with E-state index < -0.39 is 110 Å². The van der Waals surface area contributed by atoms with Crippen molar-refractivity contribution in [3.05, 3.63) is 0 Å². The van der Waals surface area contributed by atoms with Gasteiger partial charge in [0.25, 0.3) is 0 Å². The van der Waals surface area contributed by atoms with Gasteiger partial charge >= 0.3 is 0 Å². The average Bonchev–Trinajstić information content (AvgIpc) is 3.12. The molecular formula is C34H72N10O10. The quantitative estimate of drug-likeness (QED) is 0.0482. The van der Waals surface area contributed by atoms with E-state index in [1.54, 1.807) is 0 Å². The fourth-order valence-electron chi connectivity index (χ4n) is 7.75. The Balaban J connectivity index is 1.02. The number of ether oxygens (including phenoxy) is 6. The van der Waals surface area contributed by atoms with Gasteiger partial charge in [0, 0.05) is 50.5 Å². The minimum absolute atomic E-state index is 0.115. The Morgan fingerprint density at radius 3 is 1.20 bits per heavy atom. The molecule has 318 valence electrons. The molecule has 20 heteroatoms. The number of nitrogens with two attached hydrogens (primary N) is 8. The normalized spacial score (nSPS) is 43.3. The highest BCUT2D eigenvalue weighted by molar-refractivity contribution is 5.01. The molecule has 0 aromatic heterocycles. The van der Waals surface area contributed by atoms with Crippen LogP contribution < -0.4 is 56.5 Å². The van der Waals surface area contributed by atoms with E-state index in [0.29, 0.717) is 26.1 Å². The second-order valence-electron chi connectivity index (χ2n) is 15.4. The molecule has 0 radical (unpaired) electrons. The van der Waals surface area contributed by atoms with Crippen molar-refractivity contribution in [2.75, 3.05) is 52.5 Å². The molecule has 0 bridgehead atoms. The van der Waals surface area contributed by atoms with Crippen LogP contribution >= 0.6 is 0 Å². The number of unbranched alkanes of at least 4 members (excludes halogenated alkanes) is 1. The smallest absolute Gasteiger partial charge is 0.173 e. The van der Waals surface area contributed by atoms with Crippen LogP contribution in [0.3, 0.4) is 0 Å². The maximum atomic E-state index is 11.1. The zero-order valence-electron chi connectivity index (χ0n) is 31.6. The van der Waals surface area contributed by atoms with Gasteiger partial charge in [0.15, 0.2) is 12.6 Å². The first-order valence-electron chi connectivity index (χ1n) is 19.8. The Labute approximate surface area is 318 Å². The number of hydrogen-bond acceptors (Lipinski definition) is 20. The van der Waals surface area contributed by atoms with Gasteiger partial charge in [-0.25, -0.2) is 0 Å². The molecule has 2 saturated carbocycles. The van der Waals surface area contributed by atoms with Crippen LogP contribution in [0.2, 0.25) is 0 Å². The monoisotopic (exact) mass is 781 g/mol. The molecule has 22 N–H and O–H groups in total. The van der Waals surface area contributed by atoms with Crippen molar-refractivity contribution in [2.45, 2.75) is 161 Å². The summed E-state index contributed by atoms with van der Waals surface area (Å²) in [6, 6.07) is -3.16. The van der Waals surface area contributed by atoms with Crippen molar-refractivity contribution in [1.82, 2.24) is 10.6 Å². The van der Waals surface area contributed by atoms with Crippen LogP contribution in [0.15, 0.2) is 0 Å². The van der Waals surface area contributed by atoms with Gasteiger partial charge < -0.3 is 105 Å². The van der Waals surface area contributed by atoms with E-state index >= 15 is 0 Å². The van der Waals surface area contributed by atoms with Crippen LogP contribution in [0.5, 0.6) is 0 Å². The van der Waals surface area contributed by atoms with Gasteiger partial charge in [-0.15, -0.1) is 0 Å².